The van der Waals surface area contributed by atoms with Gasteiger partial charge in [-0.2, -0.15) is 13.2 Å². The van der Waals surface area contributed by atoms with Gasteiger partial charge in [-0.25, -0.2) is 24.4 Å². The number of rotatable bonds is 8. The van der Waals surface area contributed by atoms with Gasteiger partial charge in [-0.15, -0.1) is 11.3 Å². The highest BCUT2D eigenvalue weighted by molar-refractivity contribution is 7.17. The number of esters is 2. The predicted octanol–water partition coefficient (Wildman–Crippen LogP) is 5.06. The fourth-order valence-corrected chi connectivity index (χ4v) is 5.80. The number of pyridine rings is 2. The zero-order chi connectivity index (χ0) is 32.0. The molecule has 0 atom stereocenters. The molecule has 0 aromatic carbocycles. The number of carbonyl (C=O) groups excluding carboxylic acids is 4. The molecule has 3 amide bonds. The molecule has 0 unspecified atom stereocenters. The van der Waals surface area contributed by atoms with Gasteiger partial charge in [0.2, 0.25) is 0 Å². The summed E-state index contributed by atoms with van der Waals surface area (Å²) in [6, 6.07) is 0.303. The Balaban J connectivity index is 1.98. The van der Waals surface area contributed by atoms with E-state index in [1.54, 1.807) is 6.92 Å². The van der Waals surface area contributed by atoms with Crippen molar-refractivity contribution in [2.24, 2.45) is 0 Å². The first kappa shape index (κ1) is 32.3. The van der Waals surface area contributed by atoms with Crippen LogP contribution in [0.3, 0.4) is 0 Å². The molecule has 16 heteroatoms. The molecule has 234 valence electrons. The van der Waals surface area contributed by atoms with Crippen LogP contribution in [0, 0.1) is 0 Å². The van der Waals surface area contributed by atoms with Gasteiger partial charge in [0.05, 0.1) is 19.8 Å². The minimum Gasteiger partial charge on any atom is -0.465 e. The number of urea groups is 1. The number of methoxy groups -OCH3 is 2. The molecule has 4 rings (SSSR count). The molecule has 0 aliphatic heterocycles. The lowest BCUT2D eigenvalue weighted by Crippen LogP contribution is -2.36. The van der Waals surface area contributed by atoms with E-state index in [-0.39, 0.29) is 45.7 Å². The van der Waals surface area contributed by atoms with Crippen molar-refractivity contribution in [3.8, 4) is 21.7 Å². The third-order valence-corrected chi connectivity index (χ3v) is 7.84. The highest BCUT2D eigenvalue weighted by Crippen LogP contribution is 2.43. The summed E-state index contributed by atoms with van der Waals surface area (Å²) in [7, 11) is 2.20. The summed E-state index contributed by atoms with van der Waals surface area (Å²) >= 11 is 0.421. The Labute approximate surface area is 253 Å². The number of alkyl halides is 3. The third-order valence-electron chi connectivity index (χ3n) is 6.76. The first-order valence-corrected chi connectivity index (χ1v) is 14.4. The van der Waals surface area contributed by atoms with Crippen LogP contribution in [0.25, 0.3) is 21.7 Å². The van der Waals surface area contributed by atoms with Crippen LogP contribution in [0.15, 0.2) is 24.7 Å². The van der Waals surface area contributed by atoms with Gasteiger partial charge in [0.15, 0.2) is 5.69 Å². The quantitative estimate of drug-likeness (QED) is 0.288. The maximum absolute atomic E-state index is 14.3. The maximum atomic E-state index is 14.3. The van der Waals surface area contributed by atoms with E-state index >= 15 is 0 Å². The molecule has 0 radical (unpaired) electrons. The third kappa shape index (κ3) is 7.12. The van der Waals surface area contributed by atoms with Crippen molar-refractivity contribution in [1.29, 1.82) is 0 Å². The number of aromatic nitrogens is 3. The summed E-state index contributed by atoms with van der Waals surface area (Å²) in [5.41, 5.74) is -1.92. The number of ether oxygens (including phenoxy) is 2. The van der Waals surface area contributed by atoms with Gasteiger partial charge < -0.3 is 20.1 Å². The normalized spacial score (nSPS) is 13.6. The molecule has 3 heterocycles. The standard InChI is InChI=1S/C28H29F3N6O6S/c1-4-33-27(41)37-22-19(26(40)43-3)18(17(13-34-22)14-10-15(12-32-11-14)25(39)42-2)24-36-21(28(29,30)31)20(44-24)23(38)35-16-8-6-5-7-9-16/h10-13,16H,4-9H2,1-3H3,(H,35,38)(H2,33,34,37,41). The smallest absolute Gasteiger partial charge is 0.435 e. The SMILES string of the molecule is CCNC(=O)Nc1ncc(-c2cncc(C(=O)OC)c2)c(-c2nc(C(F)(F)F)c(C(=O)NC3CCCCC3)s2)c1C(=O)OC. The van der Waals surface area contributed by atoms with E-state index in [0.29, 0.717) is 24.2 Å². The van der Waals surface area contributed by atoms with Gasteiger partial charge in [-0.05, 0) is 25.8 Å². The summed E-state index contributed by atoms with van der Waals surface area (Å²) in [5.74, 6) is -3.09. The van der Waals surface area contributed by atoms with Gasteiger partial charge in [-0.3, -0.25) is 15.1 Å². The number of nitrogens with one attached hydrogen (secondary N) is 3. The number of halogens is 3. The lowest BCUT2D eigenvalue weighted by atomic mass is 9.95. The average molecular weight is 635 g/mol. The van der Waals surface area contributed by atoms with E-state index < -0.39 is 46.2 Å². The molecule has 44 heavy (non-hydrogen) atoms. The zero-order valence-electron chi connectivity index (χ0n) is 24.0. The molecular formula is C28H29F3N6O6S. The summed E-state index contributed by atoms with van der Waals surface area (Å²) in [5, 5.41) is 7.19. The van der Waals surface area contributed by atoms with Crippen LogP contribution >= 0.6 is 11.3 Å². The van der Waals surface area contributed by atoms with E-state index in [0.717, 1.165) is 33.5 Å². The molecule has 3 aromatic heterocycles. The number of hydrogen-bond acceptors (Lipinski definition) is 10. The van der Waals surface area contributed by atoms with Crippen molar-refractivity contribution in [3.05, 3.63) is 46.4 Å². The molecule has 1 aliphatic carbocycles. The largest absolute Gasteiger partial charge is 0.465 e. The van der Waals surface area contributed by atoms with E-state index in [2.05, 4.69) is 30.9 Å². The number of nitrogens with zero attached hydrogens (tertiary/aromatic N) is 3. The van der Waals surface area contributed by atoms with Crippen molar-refractivity contribution >= 4 is 41.0 Å². The van der Waals surface area contributed by atoms with E-state index in [1.165, 1.54) is 24.7 Å². The highest BCUT2D eigenvalue weighted by atomic mass is 32.1. The Kier molecular flexibility index (Phi) is 10.1. The topological polar surface area (TPSA) is 161 Å². The minimum atomic E-state index is -5.03. The van der Waals surface area contributed by atoms with Crippen LogP contribution < -0.4 is 16.0 Å². The first-order chi connectivity index (χ1) is 21.0. The average Bonchev–Trinajstić information content (AvgIpc) is 3.47. The molecule has 1 aliphatic rings. The second-order valence-corrected chi connectivity index (χ2v) is 10.7. The molecule has 0 saturated heterocycles. The van der Waals surface area contributed by atoms with E-state index in [9.17, 15) is 32.3 Å². The Bertz CT molecular complexity index is 1570. The van der Waals surface area contributed by atoms with Crippen LogP contribution in [0.2, 0.25) is 0 Å². The number of anilines is 1. The Hall–Kier alpha value is -4.60. The Morgan fingerprint density at radius 2 is 1.73 bits per heavy atom. The summed E-state index contributed by atoms with van der Waals surface area (Å²) < 4.78 is 52.6. The van der Waals surface area contributed by atoms with Gasteiger partial charge in [0.25, 0.3) is 5.91 Å². The van der Waals surface area contributed by atoms with Crippen LogP contribution in [0.1, 0.15) is 75.1 Å². The van der Waals surface area contributed by atoms with Gasteiger partial charge in [0.1, 0.15) is 21.3 Å². The number of thiazole rings is 1. The fraction of sp³-hybridized carbons (Fsp3) is 0.393. The second kappa shape index (κ2) is 13.8. The summed E-state index contributed by atoms with van der Waals surface area (Å²) in [4.78, 5) is 62.4. The summed E-state index contributed by atoms with van der Waals surface area (Å²) in [6.07, 6.45) is 2.59. The van der Waals surface area contributed by atoms with Crippen molar-refractivity contribution in [1.82, 2.24) is 25.6 Å². The second-order valence-electron chi connectivity index (χ2n) is 9.70. The molecule has 12 nitrogen and oxygen atoms in total. The first-order valence-electron chi connectivity index (χ1n) is 13.6. The predicted molar refractivity (Wildman–Crippen MR) is 153 cm³/mol. The van der Waals surface area contributed by atoms with Crippen LogP contribution in [0.4, 0.5) is 23.8 Å². The van der Waals surface area contributed by atoms with E-state index in [1.807, 2.05) is 0 Å². The van der Waals surface area contributed by atoms with E-state index in [4.69, 9.17) is 9.47 Å². The molecule has 1 fully saturated rings. The van der Waals surface area contributed by atoms with Crippen LogP contribution in [0.5, 0.6) is 0 Å². The molecular weight excluding hydrogens is 605 g/mol. The van der Waals surface area contributed by atoms with Crippen molar-refractivity contribution in [3.63, 3.8) is 0 Å². The van der Waals surface area contributed by atoms with Crippen molar-refractivity contribution < 1.29 is 41.8 Å². The lowest BCUT2D eigenvalue weighted by Gasteiger charge is -2.22. The van der Waals surface area contributed by atoms with Gasteiger partial charge in [0, 0.05) is 47.9 Å². The minimum absolute atomic E-state index is 0.00256. The molecule has 0 bridgehead atoms. The molecule has 1 saturated carbocycles. The van der Waals surface area contributed by atoms with Gasteiger partial charge in [-0.1, -0.05) is 19.3 Å². The zero-order valence-corrected chi connectivity index (χ0v) is 24.8. The lowest BCUT2D eigenvalue weighted by molar-refractivity contribution is -0.141. The molecule has 3 N–H and O–H groups in total. The van der Waals surface area contributed by atoms with Gasteiger partial charge >= 0.3 is 24.1 Å². The monoisotopic (exact) mass is 634 g/mol. The fourth-order valence-electron chi connectivity index (χ4n) is 4.75. The number of carbonyl (C=O) groups is 4. The Morgan fingerprint density at radius 1 is 1.02 bits per heavy atom. The number of amides is 3. The highest BCUT2D eigenvalue weighted by Gasteiger charge is 2.41. The number of hydrogen-bond donors (Lipinski definition) is 3. The van der Waals surface area contributed by atoms with Crippen molar-refractivity contribution in [2.75, 3.05) is 26.1 Å². The maximum Gasteiger partial charge on any atom is 0.435 e. The molecule has 0 spiro atoms. The molecule has 3 aromatic rings. The van der Waals surface area contributed by atoms with Crippen molar-refractivity contribution in [2.45, 2.75) is 51.2 Å². The Morgan fingerprint density at radius 3 is 2.36 bits per heavy atom. The van der Waals surface area contributed by atoms with Crippen LogP contribution in [-0.2, 0) is 15.7 Å². The van der Waals surface area contributed by atoms with Crippen LogP contribution in [-0.4, -0.2) is 65.6 Å². The summed E-state index contributed by atoms with van der Waals surface area (Å²) in [6.45, 7) is 1.87.